The molecule has 0 saturated carbocycles. The van der Waals surface area contributed by atoms with Crippen LogP contribution in [0.2, 0.25) is 5.02 Å². The first kappa shape index (κ1) is 15.9. The summed E-state index contributed by atoms with van der Waals surface area (Å²) in [5.74, 6) is -0.279. The number of benzene rings is 1. The van der Waals surface area contributed by atoms with Gasteiger partial charge in [-0.1, -0.05) is 11.6 Å². The molecule has 0 unspecified atom stereocenters. The van der Waals surface area contributed by atoms with Crippen LogP contribution in [0, 0.1) is 10.1 Å². The first-order chi connectivity index (χ1) is 10.5. The molecular weight excluding hydrogens is 306 g/mol. The van der Waals surface area contributed by atoms with E-state index in [4.69, 9.17) is 11.6 Å². The van der Waals surface area contributed by atoms with Crippen molar-refractivity contribution in [2.24, 2.45) is 0 Å². The van der Waals surface area contributed by atoms with E-state index in [1.807, 2.05) is 19.1 Å². The van der Waals surface area contributed by atoms with Crippen LogP contribution in [0.3, 0.4) is 0 Å². The van der Waals surface area contributed by atoms with Crippen molar-refractivity contribution in [2.75, 3.05) is 6.54 Å². The van der Waals surface area contributed by atoms with E-state index >= 15 is 0 Å². The summed E-state index contributed by atoms with van der Waals surface area (Å²) in [6.45, 7) is 2.75. The highest BCUT2D eigenvalue weighted by molar-refractivity contribution is 6.32. The number of halogens is 1. The number of nitro benzene ring substituents is 1. The topological polar surface area (TPSA) is 76.3 Å². The van der Waals surface area contributed by atoms with Gasteiger partial charge < -0.3 is 4.90 Å². The Hall–Kier alpha value is -2.47. The van der Waals surface area contributed by atoms with Crippen LogP contribution in [0.4, 0.5) is 5.69 Å². The maximum atomic E-state index is 12.5. The second kappa shape index (κ2) is 7.00. The Morgan fingerprint density at radius 3 is 2.59 bits per heavy atom. The number of aromatic nitrogens is 1. The van der Waals surface area contributed by atoms with Gasteiger partial charge in [0.05, 0.1) is 4.92 Å². The maximum Gasteiger partial charge on any atom is 0.288 e. The number of carbonyl (C=O) groups is 1. The van der Waals surface area contributed by atoms with Gasteiger partial charge >= 0.3 is 0 Å². The van der Waals surface area contributed by atoms with Crippen molar-refractivity contribution in [3.63, 3.8) is 0 Å². The van der Waals surface area contributed by atoms with Crippen LogP contribution in [0.5, 0.6) is 0 Å². The predicted octanol–water partition coefficient (Wildman–Crippen LogP) is 3.31. The molecule has 0 saturated heterocycles. The van der Waals surface area contributed by atoms with E-state index in [1.54, 1.807) is 17.3 Å². The summed E-state index contributed by atoms with van der Waals surface area (Å²) in [4.78, 5) is 28.4. The fourth-order valence-electron chi connectivity index (χ4n) is 2.00. The summed E-state index contributed by atoms with van der Waals surface area (Å²) in [5.41, 5.74) is 0.910. The Kier molecular flexibility index (Phi) is 5.06. The van der Waals surface area contributed by atoms with Gasteiger partial charge in [0.2, 0.25) is 0 Å². The number of rotatable bonds is 5. The van der Waals surface area contributed by atoms with E-state index < -0.39 is 4.92 Å². The summed E-state index contributed by atoms with van der Waals surface area (Å²) < 4.78 is 0. The Balaban J connectivity index is 2.25. The molecule has 114 valence electrons. The lowest BCUT2D eigenvalue weighted by molar-refractivity contribution is -0.384. The molecule has 0 fully saturated rings. The number of carbonyl (C=O) groups excluding carboxylic acids is 1. The molecule has 1 heterocycles. The highest BCUT2D eigenvalue weighted by atomic mass is 35.5. The summed E-state index contributed by atoms with van der Waals surface area (Å²) in [5, 5.41) is 10.9. The minimum Gasteiger partial charge on any atom is -0.335 e. The number of nitrogens with zero attached hydrogens (tertiary/aromatic N) is 3. The fraction of sp³-hybridized carbons (Fsp3) is 0.200. The number of nitro groups is 1. The molecule has 2 rings (SSSR count). The van der Waals surface area contributed by atoms with Crippen LogP contribution in [0.1, 0.15) is 22.8 Å². The van der Waals surface area contributed by atoms with Gasteiger partial charge in [-0.2, -0.15) is 0 Å². The highest BCUT2D eigenvalue weighted by Gasteiger charge is 2.19. The van der Waals surface area contributed by atoms with Gasteiger partial charge in [0.1, 0.15) is 5.02 Å². The van der Waals surface area contributed by atoms with E-state index in [1.165, 1.54) is 18.2 Å². The molecule has 6 nitrogen and oxygen atoms in total. The molecule has 7 heteroatoms. The molecule has 0 bridgehead atoms. The second-order valence-electron chi connectivity index (χ2n) is 4.60. The molecule has 1 aromatic carbocycles. The first-order valence-corrected chi connectivity index (χ1v) is 7.02. The molecule has 0 atom stereocenters. The van der Waals surface area contributed by atoms with Crippen molar-refractivity contribution >= 4 is 23.2 Å². The van der Waals surface area contributed by atoms with Gasteiger partial charge in [0.15, 0.2) is 0 Å². The Labute approximate surface area is 132 Å². The third-order valence-electron chi connectivity index (χ3n) is 3.18. The molecule has 0 spiro atoms. The molecule has 0 aliphatic heterocycles. The van der Waals surface area contributed by atoms with Crippen LogP contribution >= 0.6 is 11.6 Å². The molecule has 1 aromatic heterocycles. The van der Waals surface area contributed by atoms with E-state index in [-0.39, 0.29) is 22.2 Å². The Morgan fingerprint density at radius 2 is 2.00 bits per heavy atom. The molecular formula is C15H14ClN3O3. The van der Waals surface area contributed by atoms with Crippen LogP contribution < -0.4 is 0 Å². The largest absolute Gasteiger partial charge is 0.335 e. The normalized spacial score (nSPS) is 10.3. The van der Waals surface area contributed by atoms with Gasteiger partial charge in [0.25, 0.3) is 11.6 Å². The van der Waals surface area contributed by atoms with Gasteiger partial charge in [-0.3, -0.25) is 19.9 Å². The van der Waals surface area contributed by atoms with Crippen LogP contribution in [0.15, 0.2) is 42.7 Å². The van der Waals surface area contributed by atoms with E-state index in [9.17, 15) is 14.9 Å². The zero-order valence-corrected chi connectivity index (χ0v) is 12.7. The molecule has 0 radical (unpaired) electrons. The van der Waals surface area contributed by atoms with Gasteiger partial charge in [-0.25, -0.2) is 0 Å². The van der Waals surface area contributed by atoms with E-state index in [0.29, 0.717) is 13.1 Å². The minimum atomic E-state index is -0.599. The van der Waals surface area contributed by atoms with Crippen LogP contribution in [0.25, 0.3) is 0 Å². The molecule has 2 aromatic rings. The van der Waals surface area contributed by atoms with Crippen molar-refractivity contribution in [1.82, 2.24) is 9.88 Å². The average Bonchev–Trinajstić information content (AvgIpc) is 2.53. The first-order valence-electron chi connectivity index (χ1n) is 6.65. The van der Waals surface area contributed by atoms with Gasteiger partial charge in [-0.15, -0.1) is 0 Å². The fourth-order valence-corrected chi connectivity index (χ4v) is 2.19. The summed E-state index contributed by atoms with van der Waals surface area (Å²) in [6, 6.07) is 7.71. The second-order valence-corrected chi connectivity index (χ2v) is 5.01. The van der Waals surface area contributed by atoms with Gasteiger partial charge in [-0.05, 0) is 36.8 Å². The summed E-state index contributed by atoms with van der Waals surface area (Å²) in [7, 11) is 0. The number of pyridine rings is 1. The van der Waals surface area contributed by atoms with Crippen molar-refractivity contribution in [1.29, 1.82) is 0 Å². The van der Waals surface area contributed by atoms with Crippen molar-refractivity contribution in [3.8, 4) is 0 Å². The number of hydrogen-bond donors (Lipinski definition) is 0. The van der Waals surface area contributed by atoms with Crippen molar-refractivity contribution < 1.29 is 9.72 Å². The molecule has 0 N–H and O–H groups in total. The molecule has 22 heavy (non-hydrogen) atoms. The van der Waals surface area contributed by atoms with E-state index in [2.05, 4.69) is 4.98 Å². The number of hydrogen-bond acceptors (Lipinski definition) is 4. The summed E-state index contributed by atoms with van der Waals surface area (Å²) >= 11 is 5.77. The van der Waals surface area contributed by atoms with Crippen LogP contribution in [-0.4, -0.2) is 27.3 Å². The minimum absolute atomic E-state index is 0.0127. The predicted molar refractivity (Wildman–Crippen MR) is 82.8 cm³/mol. The van der Waals surface area contributed by atoms with E-state index in [0.717, 1.165) is 5.56 Å². The molecule has 1 amide bonds. The quantitative estimate of drug-likeness (QED) is 0.626. The maximum absolute atomic E-state index is 12.5. The van der Waals surface area contributed by atoms with Crippen molar-refractivity contribution in [2.45, 2.75) is 13.5 Å². The lowest BCUT2D eigenvalue weighted by Gasteiger charge is -2.21. The smallest absolute Gasteiger partial charge is 0.288 e. The Morgan fingerprint density at radius 1 is 1.32 bits per heavy atom. The molecule has 0 aliphatic rings. The molecule has 0 aliphatic carbocycles. The number of amides is 1. The third-order valence-corrected chi connectivity index (χ3v) is 3.50. The highest BCUT2D eigenvalue weighted by Crippen LogP contribution is 2.25. The zero-order valence-electron chi connectivity index (χ0n) is 11.9. The standard InChI is InChI=1S/C15H14ClN3O3/c1-2-18(10-11-5-7-17-8-6-11)15(20)12-3-4-13(16)14(9-12)19(21)22/h3-9H,2,10H2,1H3. The lowest BCUT2D eigenvalue weighted by atomic mass is 10.1. The Bertz CT molecular complexity index is 692. The average molecular weight is 320 g/mol. The SMILES string of the molecule is CCN(Cc1ccncc1)C(=O)c1ccc(Cl)c([N+](=O)[O-])c1. The van der Waals surface area contributed by atoms with Gasteiger partial charge in [0, 0.05) is 37.1 Å². The van der Waals surface area contributed by atoms with Crippen molar-refractivity contribution in [3.05, 3.63) is 69.0 Å². The third kappa shape index (κ3) is 3.59. The van der Waals surface area contributed by atoms with Crippen LogP contribution in [-0.2, 0) is 6.54 Å². The summed E-state index contributed by atoms with van der Waals surface area (Å²) in [6.07, 6.45) is 3.31. The zero-order chi connectivity index (χ0) is 16.1. The monoisotopic (exact) mass is 319 g/mol. The lowest BCUT2D eigenvalue weighted by Crippen LogP contribution is -2.30.